The van der Waals surface area contributed by atoms with Crippen molar-refractivity contribution in [3.05, 3.63) is 47.4 Å². The maximum Gasteiger partial charge on any atom is 0.315 e. The Kier molecular flexibility index (Phi) is 5.68. The summed E-state index contributed by atoms with van der Waals surface area (Å²) in [6.07, 6.45) is 1.08. The van der Waals surface area contributed by atoms with Gasteiger partial charge in [0.2, 0.25) is 0 Å². The van der Waals surface area contributed by atoms with Crippen LogP contribution in [0.3, 0.4) is 0 Å². The van der Waals surface area contributed by atoms with E-state index in [2.05, 4.69) is 10.4 Å². The number of aryl methyl sites for hydroxylation is 2. The first-order chi connectivity index (χ1) is 11.4. The second-order valence-corrected chi connectivity index (χ2v) is 5.52. The molecule has 0 saturated carbocycles. The maximum atomic E-state index is 13.6. The van der Waals surface area contributed by atoms with E-state index in [1.807, 2.05) is 6.92 Å². The van der Waals surface area contributed by atoms with Crippen molar-refractivity contribution >= 4 is 17.6 Å². The van der Waals surface area contributed by atoms with Gasteiger partial charge in [0.15, 0.2) is 0 Å². The van der Waals surface area contributed by atoms with Crippen LogP contribution in [0.1, 0.15) is 18.2 Å². The molecule has 1 aromatic heterocycles. The van der Waals surface area contributed by atoms with Crippen LogP contribution in [0.5, 0.6) is 0 Å². The van der Waals surface area contributed by atoms with Gasteiger partial charge < -0.3 is 10.2 Å². The SMILES string of the molecule is CCc1cc(NC(=O)C(=O)N(C)CCc2ccccc2F)n(C)n1. The molecule has 0 spiro atoms. The zero-order valence-corrected chi connectivity index (χ0v) is 14.0. The molecule has 24 heavy (non-hydrogen) atoms. The summed E-state index contributed by atoms with van der Waals surface area (Å²) < 4.78 is 15.1. The first-order valence-corrected chi connectivity index (χ1v) is 7.75. The van der Waals surface area contributed by atoms with Gasteiger partial charge in [0.25, 0.3) is 0 Å². The fourth-order valence-corrected chi connectivity index (χ4v) is 2.25. The van der Waals surface area contributed by atoms with Gasteiger partial charge >= 0.3 is 11.8 Å². The highest BCUT2D eigenvalue weighted by Crippen LogP contribution is 2.10. The Morgan fingerprint density at radius 2 is 2.04 bits per heavy atom. The molecule has 0 saturated heterocycles. The summed E-state index contributed by atoms with van der Waals surface area (Å²) in [4.78, 5) is 25.5. The summed E-state index contributed by atoms with van der Waals surface area (Å²) in [5.74, 6) is -1.26. The minimum Gasteiger partial charge on any atom is -0.337 e. The number of hydrogen-bond donors (Lipinski definition) is 1. The molecule has 0 bridgehead atoms. The van der Waals surface area contributed by atoms with Crippen molar-refractivity contribution in [3.63, 3.8) is 0 Å². The Bertz CT molecular complexity index is 742. The van der Waals surface area contributed by atoms with E-state index in [0.29, 0.717) is 17.8 Å². The standard InChI is InChI=1S/C17H21FN4O2/c1-4-13-11-15(22(3)20-13)19-16(23)17(24)21(2)10-9-12-7-5-6-8-14(12)18/h5-8,11H,4,9-10H2,1-3H3,(H,19,23). The van der Waals surface area contributed by atoms with Gasteiger partial charge in [-0.1, -0.05) is 25.1 Å². The van der Waals surface area contributed by atoms with Crippen LogP contribution in [0, 0.1) is 5.82 Å². The Labute approximate surface area is 140 Å². The van der Waals surface area contributed by atoms with Crippen molar-refractivity contribution in [3.8, 4) is 0 Å². The van der Waals surface area contributed by atoms with Gasteiger partial charge in [0.05, 0.1) is 5.69 Å². The van der Waals surface area contributed by atoms with Gasteiger partial charge in [-0.25, -0.2) is 4.39 Å². The lowest BCUT2D eigenvalue weighted by molar-refractivity contribution is -0.142. The number of rotatable bonds is 5. The maximum absolute atomic E-state index is 13.6. The van der Waals surface area contributed by atoms with Gasteiger partial charge in [-0.05, 0) is 24.5 Å². The zero-order chi connectivity index (χ0) is 17.7. The van der Waals surface area contributed by atoms with Crippen LogP contribution in [0.25, 0.3) is 0 Å². The van der Waals surface area contributed by atoms with Gasteiger partial charge in [-0.3, -0.25) is 14.3 Å². The van der Waals surface area contributed by atoms with Gasteiger partial charge in [-0.2, -0.15) is 5.10 Å². The molecule has 0 aliphatic heterocycles. The topological polar surface area (TPSA) is 67.2 Å². The van der Waals surface area contributed by atoms with E-state index in [9.17, 15) is 14.0 Å². The first-order valence-electron chi connectivity index (χ1n) is 7.75. The van der Waals surface area contributed by atoms with Gasteiger partial charge in [0, 0.05) is 26.7 Å². The Balaban J connectivity index is 1.93. The second-order valence-electron chi connectivity index (χ2n) is 5.52. The molecular weight excluding hydrogens is 311 g/mol. The molecule has 6 nitrogen and oxygen atoms in total. The van der Waals surface area contributed by atoms with Gasteiger partial charge in [-0.15, -0.1) is 0 Å². The van der Waals surface area contributed by atoms with E-state index in [1.54, 1.807) is 31.3 Å². The quantitative estimate of drug-likeness (QED) is 0.849. The lowest BCUT2D eigenvalue weighted by atomic mass is 10.1. The largest absolute Gasteiger partial charge is 0.337 e. The van der Waals surface area contributed by atoms with E-state index >= 15 is 0 Å². The number of amides is 2. The number of aromatic nitrogens is 2. The van der Waals surface area contributed by atoms with E-state index < -0.39 is 11.8 Å². The van der Waals surface area contributed by atoms with Crippen LogP contribution in [-0.2, 0) is 29.5 Å². The van der Waals surface area contributed by atoms with Crippen LogP contribution in [0.15, 0.2) is 30.3 Å². The third-order valence-corrected chi connectivity index (χ3v) is 3.75. The van der Waals surface area contributed by atoms with Crippen molar-refractivity contribution in [2.45, 2.75) is 19.8 Å². The highest BCUT2D eigenvalue weighted by molar-refractivity contribution is 6.39. The smallest absolute Gasteiger partial charge is 0.315 e. The summed E-state index contributed by atoms with van der Waals surface area (Å²) in [6, 6.07) is 8.11. The predicted octanol–water partition coefficient (Wildman–Crippen LogP) is 1.76. The van der Waals surface area contributed by atoms with Crippen molar-refractivity contribution in [1.82, 2.24) is 14.7 Å². The van der Waals surface area contributed by atoms with Crippen molar-refractivity contribution in [2.24, 2.45) is 7.05 Å². The van der Waals surface area contributed by atoms with Crippen molar-refractivity contribution in [1.29, 1.82) is 0 Å². The highest BCUT2D eigenvalue weighted by Gasteiger charge is 2.20. The van der Waals surface area contributed by atoms with Crippen LogP contribution in [-0.4, -0.2) is 40.1 Å². The third-order valence-electron chi connectivity index (χ3n) is 3.75. The van der Waals surface area contributed by atoms with Crippen LogP contribution in [0.2, 0.25) is 0 Å². The van der Waals surface area contributed by atoms with Crippen LogP contribution < -0.4 is 5.32 Å². The van der Waals surface area contributed by atoms with E-state index in [1.165, 1.54) is 22.7 Å². The summed E-state index contributed by atoms with van der Waals surface area (Å²) >= 11 is 0. The zero-order valence-electron chi connectivity index (χ0n) is 14.0. The minimum absolute atomic E-state index is 0.249. The van der Waals surface area contributed by atoms with Crippen LogP contribution in [0.4, 0.5) is 10.2 Å². The fraction of sp³-hybridized carbons (Fsp3) is 0.353. The Morgan fingerprint density at radius 1 is 1.33 bits per heavy atom. The van der Waals surface area contributed by atoms with Crippen LogP contribution >= 0.6 is 0 Å². The van der Waals surface area contributed by atoms with E-state index in [4.69, 9.17) is 0 Å². The van der Waals surface area contributed by atoms with E-state index in [-0.39, 0.29) is 12.4 Å². The Hall–Kier alpha value is -2.70. The van der Waals surface area contributed by atoms with Crippen molar-refractivity contribution in [2.75, 3.05) is 18.9 Å². The highest BCUT2D eigenvalue weighted by atomic mass is 19.1. The third kappa shape index (κ3) is 4.18. The lowest BCUT2D eigenvalue weighted by Gasteiger charge is -2.16. The molecule has 0 aliphatic rings. The fourth-order valence-electron chi connectivity index (χ4n) is 2.25. The minimum atomic E-state index is -0.739. The predicted molar refractivity (Wildman–Crippen MR) is 89.0 cm³/mol. The number of nitrogens with one attached hydrogen (secondary N) is 1. The molecule has 0 atom stereocenters. The molecule has 0 fully saturated rings. The molecule has 128 valence electrons. The first kappa shape index (κ1) is 17.7. The summed E-state index contributed by atoms with van der Waals surface area (Å²) in [5, 5.41) is 6.76. The number of carbonyl (C=O) groups excluding carboxylic acids is 2. The number of hydrogen-bond acceptors (Lipinski definition) is 3. The monoisotopic (exact) mass is 332 g/mol. The average molecular weight is 332 g/mol. The second kappa shape index (κ2) is 7.72. The molecule has 0 unspecified atom stereocenters. The molecule has 0 radical (unpaired) electrons. The lowest BCUT2D eigenvalue weighted by Crippen LogP contribution is -2.38. The number of anilines is 1. The number of halogens is 1. The number of benzene rings is 1. The molecule has 2 aromatic rings. The molecule has 1 aromatic carbocycles. The molecule has 1 heterocycles. The molecule has 1 N–H and O–H groups in total. The summed E-state index contributed by atoms with van der Waals surface area (Å²) in [7, 11) is 3.21. The molecule has 0 aliphatic carbocycles. The molecule has 7 heteroatoms. The Morgan fingerprint density at radius 3 is 2.67 bits per heavy atom. The summed E-state index contributed by atoms with van der Waals surface area (Å²) in [6.45, 7) is 2.20. The molecular formula is C17H21FN4O2. The summed E-state index contributed by atoms with van der Waals surface area (Å²) in [5.41, 5.74) is 1.34. The normalized spacial score (nSPS) is 10.5. The molecule has 2 amide bonds. The number of likely N-dealkylation sites (N-methyl/N-ethyl adjacent to an activating group) is 1. The van der Waals surface area contributed by atoms with E-state index in [0.717, 1.165) is 12.1 Å². The average Bonchev–Trinajstić information content (AvgIpc) is 2.93. The number of carbonyl (C=O) groups is 2. The molecule has 2 rings (SSSR count). The van der Waals surface area contributed by atoms with Gasteiger partial charge in [0.1, 0.15) is 11.6 Å². The van der Waals surface area contributed by atoms with Crippen molar-refractivity contribution < 1.29 is 14.0 Å². The number of nitrogens with zero attached hydrogens (tertiary/aromatic N) is 3.